The van der Waals surface area contributed by atoms with Crippen LogP contribution in [0.3, 0.4) is 0 Å². The lowest BCUT2D eigenvalue weighted by Crippen LogP contribution is -2.46. The summed E-state index contributed by atoms with van der Waals surface area (Å²) >= 11 is 0. The van der Waals surface area contributed by atoms with E-state index in [-0.39, 0.29) is 0 Å². The monoisotopic (exact) mass is 367 g/mol. The number of hydrogen-bond donors (Lipinski definition) is 0. The van der Waals surface area contributed by atoms with Gasteiger partial charge in [-0.1, -0.05) is 23.8 Å². The lowest BCUT2D eigenvalue weighted by molar-refractivity contribution is 0.122. The Labute approximate surface area is 161 Å². The molecule has 0 bridgehead atoms. The fraction of sp³-hybridized carbons (Fsp3) is 0.524. The first-order valence-electron chi connectivity index (χ1n) is 9.88. The van der Waals surface area contributed by atoms with Crippen LogP contribution in [0.5, 0.6) is 0 Å². The molecular weight excluding hydrogens is 338 g/mol. The number of ether oxygens (including phenoxy) is 1. The second-order valence-corrected chi connectivity index (χ2v) is 7.51. The Bertz CT molecular complexity index is 767. The smallest absolute Gasteiger partial charge is 0.227 e. The molecule has 27 heavy (non-hydrogen) atoms. The van der Waals surface area contributed by atoms with Crippen molar-refractivity contribution in [3.63, 3.8) is 0 Å². The van der Waals surface area contributed by atoms with E-state index in [2.05, 4.69) is 51.7 Å². The molecular formula is C21H29N5O. The van der Waals surface area contributed by atoms with Crippen LogP contribution in [0.1, 0.15) is 16.7 Å². The molecule has 0 saturated carbocycles. The maximum absolute atomic E-state index is 5.43. The molecule has 2 aromatic rings. The molecule has 2 fully saturated rings. The SMILES string of the molecule is Cc1ccc(C)c(CN2CCN(c3ccnc(N4CCOCC4)n3)CC2)c1. The highest BCUT2D eigenvalue weighted by Gasteiger charge is 2.20. The third-order valence-electron chi connectivity index (χ3n) is 5.52. The van der Waals surface area contributed by atoms with Crippen molar-refractivity contribution in [1.29, 1.82) is 0 Å². The van der Waals surface area contributed by atoms with Crippen molar-refractivity contribution in [2.75, 3.05) is 62.3 Å². The molecule has 3 heterocycles. The van der Waals surface area contributed by atoms with Gasteiger partial charge in [0.25, 0.3) is 0 Å². The molecule has 144 valence electrons. The quantitative estimate of drug-likeness (QED) is 0.826. The number of morpholine rings is 1. The van der Waals surface area contributed by atoms with Gasteiger partial charge in [0.15, 0.2) is 0 Å². The van der Waals surface area contributed by atoms with Crippen LogP contribution in [-0.4, -0.2) is 67.4 Å². The zero-order chi connectivity index (χ0) is 18.6. The highest BCUT2D eigenvalue weighted by atomic mass is 16.5. The van der Waals surface area contributed by atoms with Crippen LogP contribution >= 0.6 is 0 Å². The normalized spacial score (nSPS) is 18.7. The predicted octanol–water partition coefficient (Wildman–Crippen LogP) is 2.25. The molecule has 0 radical (unpaired) electrons. The Morgan fingerprint density at radius 3 is 2.48 bits per heavy atom. The van der Waals surface area contributed by atoms with Crippen LogP contribution in [0.4, 0.5) is 11.8 Å². The fourth-order valence-electron chi connectivity index (χ4n) is 3.78. The zero-order valence-electron chi connectivity index (χ0n) is 16.4. The summed E-state index contributed by atoms with van der Waals surface area (Å²) < 4.78 is 5.43. The highest BCUT2D eigenvalue weighted by Crippen LogP contribution is 2.19. The summed E-state index contributed by atoms with van der Waals surface area (Å²) in [7, 11) is 0. The number of rotatable bonds is 4. The molecule has 0 unspecified atom stereocenters. The zero-order valence-corrected chi connectivity index (χ0v) is 16.4. The molecule has 6 heteroatoms. The van der Waals surface area contributed by atoms with Crippen LogP contribution in [0.25, 0.3) is 0 Å². The van der Waals surface area contributed by atoms with Crippen LogP contribution in [0.2, 0.25) is 0 Å². The Balaban J connectivity index is 1.37. The summed E-state index contributed by atoms with van der Waals surface area (Å²) in [5, 5.41) is 0. The minimum absolute atomic E-state index is 0.755. The summed E-state index contributed by atoms with van der Waals surface area (Å²) in [6.07, 6.45) is 1.88. The fourth-order valence-corrected chi connectivity index (χ4v) is 3.78. The van der Waals surface area contributed by atoms with Gasteiger partial charge in [-0.15, -0.1) is 0 Å². The standard InChI is InChI=1S/C21H29N5O/c1-17-3-4-18(2)19(15-17)16-24-7-9-25(10-8-24)20-5-6-22-21(23-20)26-11-13-27-14-12-26/h3-6,15H,7-14,16H2,1-2H3. The van der Waals surface area contributed by atoms with Gasteiger partial charge in [0.1, 0.15) is 5.82 Å². The first-order chi connectivity index (χ1) is 13.2. The second kappa shape index (κ2) is 8.23. The summed E-state index contributed by atoms with van der Waals surface area (Å²) in [5.41, 5.74) is 4.17. The van der Waals surface area contributed by atoms with E-state index in [0.29, 0.717) is 0 Å². The van der Waals surface area contributed by atoms with Gasteiger partial charge in [0, 0.05) is 52.0 Å². The number of anilines is 2. The van der Waals surface area contributed by atoms with Crippen molar-refractivity contribution in [3.8, 4) is 0 Å². The van der Waals surface area contributed by atoms with E-state index in [0.717, 1.165) is 70.8 Å². The van der Waals surface area contributed by atoms with Crippen molar-refractivity contribution in [1.82, 2.24) is 14.9 Å². The van der Waals surface area contributed by atoms with E-state index in [9.17, 15) is 0 Å². The number of benzene rings is 1. The van der Waals surface area contributed by atoms with Gasteiger partial charge in [0.05, 0.1) is 13.2 Å². The second-order valence-electron chi connectivity index (χ2n) is 7.51. The first-order valence-corrected chi connectivity index (χ1v) is 9.88. The van der Waals surface area contributed by atoms with Gasteiger partial charge in [0.2, 0.25) is 5.95 Å². The van der Waals surface area contributed by atoms with E-state index in [1.165, 1.54) is 16.7 Å². The number of aryl methyl sites for hydroxylation is 2. The van der Waals surface area contributed by atoms with Crippen molar-refractivity contribution in [2.24, 2.45) is 0 Å². The minimum atomic E-state index is 0.755. The molecule has 0 amide bonds. The van der Waals surface area contributed by atoms with Crippen molar-refractivity contribution in [2.45, 2.75) is 20.4 Å². The summed E-state index contributed by atoms with van der Waals surface area (Å²) in [6, 6.07) is 8.78. The van der Waals surface area contributed by atoms with Crippen LogP contribution in [0, 0.1) is 13.8 Å². The number of nitrogens with zero attached hydrogens (tertiary/aromatic N) is 5. The Morgan fingerprint density at radius 1 is 0.926 bits per heavy atom. The molecule has 6 nitrogen and oxygen atoms in total. The Kier molecular flexibility index (Phi) is 5.55. The van der Waals surface area contributed by atoms with E-state index >= 15 is 0 Å². The van der Waals surface area contributed by atoms with Gasteiger partial charge in [-0.05, 0) is 31.0 Å². The summed E-state index contributed by atoms with van der Waals surface area (Å²) in [4.78, 5) is 16.4. The Morgan fingerprint density at radius 2 is 1.70 bits per heavy atom. The molecule has 0 aliphatic carbocycles. The third-order valence-corrected chi connectivity index (χ3v) is 5.52. The van der Waals surface area contributed by atoms with Crippen LogP contribution in [0.15, 0.2) is 30.5 Å². The maximum atomic E-state index is 5.43. The molecule has 1 aromatic heterocycles. The van der Waals surface area contributed by atoms with Crippen molar-refractivity contribution < 1.29 is 4.74 Å². The molecule has 2 aliphatic heterocycles. The van der Waals surface area contributed by atoms with Crippen molar-refractivity contribution in [3.05, 3.63) is 47.2 Å². The molecule has 0 spiro atoms. The summed E-state index contributed by atoms with van der Waals surface area (Å²) in [6.45, 7) is 12.8. The van der Waals surface area contributed by atoms with Crippen LogP contribution in [-0.2, 0) is 11.3 Å². The molecule has 4 rings (SSSR count). The largest absolute Gasteiger partial charge is 0.378 e. The van der Waals surface area contributed by atoms with E-state index in [4.69, 9.17) is 9.72 Å². The molecule has 2 aliphatic rings. The number of aromatic nitrogens is 2. The molecule has 0 N–H and O–H groups in total. The topological polar surface area (TPSA) is 44.7 Å². The maximum Gasteiger partial charge on any atom is 0.227 e. The van der Waals surface area contributed by atoms with Crippen LogP contribution < -0.4 is 9.80 Å². The van der Waals surface area contributed by atoms with Gasteiger partial charge in [-0.25, -0.2) is 4.98 Å². The third kappa shape index (κ3) is 4.39. The van der Waals surface area contributed by atoms with Crippen molar-refractivity contribution >= 4 is 11.8 Å². The highest BCUT2D eigenvalue weighted by molar-refractivity contribution is 5.44. The average Bonchev–Trinajstić information content (AvgIpc) is 2.72. The average molecular weight is 367 g/mol. The Hall–Kier alpha value is -2.18. The lowest BCUT2D eigenvalue weighted by atomic mass is 10.0. The molecule has 2 saturated heterocycles. The predicted molar refractivity (Wildman–Crippen MR) is 108 cm³/mol. The van der Waals surface area contributed by atoms with E-state index in [1.54, 1.807) is 0 Å². The first kappa shape index (κ1) is 18.2. The molecule has 1 aromatic carbocycles. The minimum Gasteiger partial charge on any atom is -0.378 e. The summed E-state index contributed by atoms with van der Waals surface area (Å²) in [5.74, 6) is 1.87. The van der Waals surface area contributed by atoms with E-state index in [1.807, 2.05) is 12.3 Å². The van der Waals surface area contributed by atoms with E-state index < -0.39 is 0 Å². The number of hydrogen-bond acceptors (Lipinski definition) is 6. The molecule has 0 atom stereocenters. The van der Waals surface area contributed by atoms with Gasteiger partial charge in [-0.2, -0.15) is 4.98 Å². The lowest BCUT2D eigenvalue weighted by Gasteiger charge is -2.36. The van der Waals surface area contributed by atoms with Gasteiger partial charge >= 0.3 is 0 Å². The number of piperazine rings is 1. The van der Waals surface area contributed by atoms with Gasteiger partial charge < -0.3 is 14.5 Å². The van der Waals surface area contributed by atoms with Gasteiger partial charge in [-0.3, -0.25) is 4.90 Å².